The molecule has 2 aromatic rings. The topological polar surface area (TPSA) is 148 Å². The fourth-order valence-electron chi connectivity index (χ4n) is 1.62. The van der Waals surface area contributed by atoms with E-state index in [1.165, 1.54) is 24.3 Å². The molecule has 1 aromatic heterocycles. The largest absolute Gasteiger partial charge is 0.397 e. The molecule has 14 heteroatoms. The molecule has 1 heterocycles. The number of hydrogen-bond acceptors (Lipinski definition) is 9. The summed E-state index contributed by atoms with van der Waals surface area (Å²) in [5, 5.41) is 2.54. The van der Waals surface area contributed by atoms with Crippen LogP contribution in [0.1, 0.15) is 0 Å². The predicted molar refractivity (Wildman–Crippen MR) is 89.1 cm³/mol. The minimum atomic E-state index is -4.69. The van der Waals surface area contributed by atoms with Crippen LogP contribution < -0.4 is 5.32 Å². The third-order valence-corrected chi connectivity index (χ3v) is 5.13. The number of benzene rings is 1. The van der Waals surface area contributed by atoms with Crippen LogP contribution in [0.2, 0.25) is 10.6 Å². The van der Waals surface area contributed by atoms with E-state index in [0.29, 0.717) is 5.69 Å². The first-order valence-electron chi connectivity index (χ1n) is 6.34. The van der Waals surface area contributed by atoms with Crippen LogP contribution in [0, 0.1) is 0 Å². The summed E-state index contributed by atoms with van der Waals surface area (Å²) < 4.78 is 57.3. The standard InChI is InChI=1S/C11H10Cl2N4O6S2/c12-9-15-10(13)17-11(16-9)14-7-1-3-8(4-2-7)24(18,19)6-5-23-25(20,21)22/h1-4H,5-6H2,(H,20,21,22)(H,14,15,16,17). The van der Waals surface area contributed by atoms with Gasteiger partial charge in [0.05, 0.1) is 17.3 Å². The van der Waals surface area contributed by atoms with E-state index in [9.17, 15) is 16.8 Å². The molecule has 0 atom stereocenters. The van der Waals surface area contributed by atoms with Crippen molar-refractivity contribution in [1.82, 2.24) is 15.0 Å². The molecule has 0 fully saturated rings. The van der Waals surface area contributed by atoms with Crippen LogP contribution in [0.4, 0.5) is 11.6 Å². The normalized spacial score (nSPS) is 12.1. The number of aromatic nitrogens is 3. The Labute approximate surface area is 153 Å². The Bertz CT molecular complexity index is 946. The van der Waals surface area contributed by atoms with Gasteiger partial charge < -0.3 is 5.32 Å². The number of nitrogens with one attached hydrogen (secondary N) is 1. The van der Waals surface area contributed by atoms with E-state index in [1.807, 2.05) is 0 Å². The molecule has 10 nitrogen and oxygen atoms in total. The van der Waals surface area contributed by atoms with Gasteiger partial charge in [-0.25, -0.2) is 12.6 Å². The minimum absolute atomic E-state index is 0.0660. The van der Waals surface area contributed by atoms with Crippen LogP contribution in [0.15, 0.2) is 29.2 Å². The van der Waals surface area contributed by atoms with E-state index in [1.54, 1.807) is 0 Å². The lowest BCUT2D eigenvalue weighted by Crippen LogP contribution is -2.15. The molecule has 0 amide bonds. The maximum absolute atomic E-state index is 12.0. The maximum atomic E-state index is 12.0. The molecule has 0 aliphatic heterocycles. The van der Waals surface area contributed by atoms with Gasteiger partial charge in [0, 0.05) is 5.69 Å². The molecule has 2 N–H and O–H groups in total. The lowest BCUT2D eigenvalue weighted by Gasteiger charge is -2.07. The van der Waals surface area contributed by atoms with Gasteiger partial charge in [0.1, 0.15) is 0 Å². The van der Waals surface area contributed by atoms with E-state index in [4.69, 9.17) is 27.8 Å². The Morgan fingerprint density at radius 2 is 1.56 bits per heavy atom. The molecule has 1 aromatic carbocycles. The molecule has 2 rings (SSSR count). The zero-order chi connectivity index (χ0) is 18.7. The first kappa shape index (κ1) is 19.8. The van der Waals surface area contributed by atoms with Crippen molar-refractivity contribution in [1.29, 1.82) is 0 Å². The molecule has 0 unspecified atom stereocenters. The smallest absolute Gasteiger partial charge is 0.324 e. The van der Waals surface area contributed by atoms with Gasteiger partial charge in [-0.3, -0.25) is 4.55 Å². The van der Waals surface area contributed by atoms with Gasteiger partial charge in [-0.1, -0.05) is 0 Å². The molecule has 136 valence electrons. The highest BCUT2D eigenvalue weighted by Gasteiger charge is 2.16. The highest BCUT2D eigenvalue weighted by molar-refractivity contribution is 7.91. The van der Waals surface area contributed by atoms with Gasteiger partial charge in [0.15, 0.2) is 9.84 Å². The fraction of sp³-hybridized carbons (Fsp3) is 0.182. The van der Waals surface area contributed by atoms with Gasteiger partial charge in [-0.05, 0) is 47.5 Å². The third kappa shape index (κ3) is 6.34. The lowest BCUT2D eigenvalue weighted by atomic mass is 10.3. The molecular weight excluding hydrogens is 419 g/mol. The highest BCUT2D eigenvalue weighted by atomic mass is 35.5. The quantitative estimate of drug-likeness (QED) is 0.621. The molecule has 0 bridgehead atoms. The number of anilines is 2. The Hall–Kier alpha value is -1.57. The molecular formula is C11H10Cl2N4O6S2. The summed E-state index contributed by atoms with van der Waals surface area (Å²) in [6, 6.07) is 5.44. The highest BCUT2D eigenvalue weighted by Crippen LogP contribution is 2.19. The van der Waals surface area contributed by atoms with E-state index in [-0.39, 0.29) is 21.4 Å². The SMILES string of the molecule is O=S(=O)(O)OCCS(=O)(=O)c1ccc(Nc2nc(Cl)nc(Cl)n2)cc1. The van der Waals surface area contributed by atoms with Gasteiger partial charge >= 0.3 is 10.4 Å². The van der Waals surface area contributed by atoms with E-state index < -0.39 is 32.6 Å². The van der Waals surface area contributed by atoms with Crippen LogP contribution in [0.5, 0.6) is 0 Å². The summed E-state index contributed by atoms with van der Waals surface area (Å²) in [5.74, 6) is -0.555. The Balaban J connectivity index is 2.08. The van der Waals surface area contributed by atoms with Crippen LogP contribution in [-0.2, 0) is 24.4 Å². The van der Waals surface area contributed by atoms with Gasteiger partial charge in [0.2, 0.25) is 16.5 Å². The molecule has 0 spiro atoms. The van der Waals surface area contributed by atoms with Crippen LogP contribution in [0.25, 0.3) is 0 Å². The Morgan fingerprint density at radius 1 is 1.00 bits per heavy atom. The second-order valence-corrected chi connectivity index (χ2v) is 8.29. The van der Waals surface area contributed by atoms with Crippen molar-refractivity contribution in [3.63, 3.8) is 0 Å². The van der Waals surface area contributed by atoms with E-state index in [0.717, 1.165) is 0 Å². The summed E-state index contributed by atoms with van der Waals surface area (Å²) in [4.78, 5) is 11.1. The summed E-state index contributed by atoms with van der Waals surface area (Å²) in [6.07, 6.45) is 0. The number of halogens is 2. The summed E-state index contributed by atoms with van der Waals surface area (Å²) >= 11 is 11.3. The molecule has 0 saturated carbocycles. The van der Waals surface area contributed by atoms with Crippen LogP contribution in [0.3, 0.4) is 0 Å². The van der Waals surface area contributed by atoms with Gasteiger partial charge in [-0.15, -0.1) is 0 Å². The average molecular weight is 429 g/mol. The molecule has 0 aliphatic carbocycles. The second kappa shape index (κ2) is 7.76. The van der Waals surface area contributed by atoms with Crippen molar-refractivity contribution in [2.45, 2.75) is 4.90 Å². The number of hydrogen-bond donors (Lipinski definition) is 2. The zero-order valence-electron chi connectivity index (χ0n) is 12.1. The maximum Gasteiger partial charge on any atom is 0.397 e. The number of rotatable bonds is 7. The summed E-state index contributed by atoms with van der Waals surface area (Å²) in [6.45, 7) is -0.705. The van der Waals surface area contributed by atoms with Crippen molar-refractivity contribution in [2.24, 2.45) is 0 Å². The van der Waals surface area contributed by atoms with E-state index in [2.05, 4.69) is 24.5 Å². The monoisotopic (exact) mass is 428 g/mol. The number of nitrogens with zero attached hydrogens (tertiary/aromatic N) is 3. The molecule has 0 saturated heterocycles. The zero-order valence-corrected chi connectivity index (χ0v) is 15.3. The van der Waals surface area contributed by atoms with Crippen molar-refractivity contribution in [3.8, 4) is 0 Å². The van der Waals surface area contributed by atoms with Gasteiger partial charge in [0.25, 0.3) is 0 Å². The van der Waals surface area contributed by atoms with Gasteiger partial charge in [-0.2, -0.15) is 23.4 Å². The third-order valence-electron chi connectivity index (χ3n) is 2.63. The average Bonchev–Trinajstić information content (AvgIpc) is 2.45. The predicted octanol–water partition coefficient (Wildman–Crippen LogP) is 1.52. The minimum Gasteiger partial charge on any atom is -0.324 e. The van der Waals surface area contributed by atoms with Crippen molar-refractivity contribution >= 4 is 55.1 Å². The van der Waals surface area contributed by atoms with Crippen molar-refractivity contribution in [2.75, 3.05) is 17.7 Å². The summed E-state index contributed by atoms with van der Waals surface area (Å²) in [7, 11) is -8.49. The molecule has 0 radical (unpaired) electrons. The summed E-state index contributed by atoms with van der Waals surface area (Å²) in [5.41, 5.74) is 0.450. The Kier molecular flexibility index (Phi) is 6.13. The van der Waals surface area contributed by atoms with Crippen LogP contribution in [-0.4, -0.2) is 48.7 Å². The second-order valence-electron chi connectivity index (χ2n) is 4.42. The molecule has 25 heavy (non-hydrogen) atoms. The van der Waals surface area contributed by atoms with E-state index >= 15 is 0 Å². The first-order chi connectivity index (χ1) is 11.5. The van der Waals surface area contributed by atoms with Crippen molar-refractivity contribution in [3.05, 3.63) is 34.8 Å². The number of sulfone groups is 1. The first-order valence-corrected chi connectivity index (χ1v) is 10.1. The van der Waals surface area contributed by atoms with Crippen molar-refractivity contribution < 1.29 is 25.6 Å². The van der Waals surface area contributed by atoms with Crippen LogP contribution >= 0.6 is 23.2 Å². The lowest BCUT2D eigenvalue weighted by molar-refractivity contribution is 0.284. The fourth-order valence-corrected chi connectivity index (χ4v) is 3.48. The molecule has 0 aliphatic rings. The Morgan fingerprint density at radius 3 is 2.08 bits per heavy atom.